The molecule has 0 fully saturated rings. The number of ketones is 1. The van der Waals surface area contributed by atoms with Gasteiger partial charge in [-0.25, -0.2) is 4.39 Å². The average molecular weight is 399 g/mol. The third-order valence-electron chi connectivity index (χ3n) is 5.15. The van der Waals surface area contributed by atoms with E-state index in [-0.39, 0.29) is 17.5 Å². The summed E-state index contributed by atoms with van der Waals surface area (Å²) in [7, 11) is -2.31. The first-order valence-corrected chi connectivity index (χ1v) is 11.5. The molecule has 0 saturated carbocycles. The van der Waals surface area contributed by atoms with E-state index in [0.717, 1.165) is 15.9 Å². The van der Waals surface area contributed by atoms with Crippen molar-refractivity contribution in [2.45, 2.75) is 0 Å². The highest BCUT2D eigenvalue weighted by atomic mass is 31.2. The molecule has 0 bridgehead atoms. The fourth-order valence-electron chi connectivity index (χ4n) is 3.76. The Labute approximate surface area is 171 Å². The lowest BCUT2D eigenvalue weighted by atomic mass is 10.1. The van der Waals surface area contributed by atoms with Gasteiger partial charge in [0.25, 0.3) is 0 Å². The molecule has 0 saturated heterocycles. The topological polar surface area (TPSA) is 17.1 Å². The molecule has 1 nitrogen and oxygen atoms in total. The molecule has 4 aromatic carbocycles. The molecule has 0 spiro atoms. The molecule has 0 radical (unpaired) electrons. The van der Waals surface area contributed by atoms with Crippen LogP contribution in [0.3, 0.4) is 0 Å². The van der Waals surface area contributed by atoms with Crippen LogP contribution in [0.25, 0.3) is 0 Å². The summed E-state index contributed by atoms with van der Waals surface area (Å²) in [6, 6.07) is 36.7. The van der Waals surface area contributed by atoms with Gasteiger partial charge in [0, 0.05) is 0 Å². The lowest BCUT2D eigenvalue weighted by Crippen LogP contribution is -2.35. The minimum atomic E-state index is -2.31. The normalized spacial score (nSPS) is 11.2. The molecule has 0 unspecified atom stereocenters. The second-order valence-electron chi connectivity index (χ2n) is 6.88. The van der Waals surface area contributed by atoms with Crippen LogP contribution < -0.4 is 15.9 Å². The number of carbonyl (C=O) groups excluding carboxylic acids is 1. The Kier molecular flexibility index (Phi) is 5.64. The van der Waals surface area contributed by atoms with Gasteiger partial charge in [0.05, 0.1) is 5.56 Å². The zero-order valence-corrected chi connectivity index (χ0v) is 16.8. The highest BCUT2D eigenvalue weighted by Crippen LogP contribution is 2.55. The third-order valence-corrected chi connectivity index (χ3v) is 9.45. The van der Waals surface area contributed by atoms with Crippen LogP contribution in [0.15, 0.2) is 115 Å². The molecule has 4 aromatic rings. The molecular weight excluding hydrogens is 378 g/mol. The quantitative estimate of drug-likeness (QED) is 0.329. The molecule has 29 heavy (non-hydrogen) atoms. The van der Waals surface area contributed by atoms with Gasteiger partial charge in [-0.2, -0.15) is 0 Å². The van der Waals surface area contributed by atoms with Crippen molar-refractivity contribution in [2.75, 3.05) is 6.16 Å². The van der Waals surface area contributed by atoms with E-state index in [0.29, 0.717) is 0 Å². The fourth-order valence-corrected chi connectivity index (χ4v) is 7.84. The maximum Gasteiger partial charge on any atom is 0.204 e. The second-order valence-corrected chi connectivity index (χ2v) is 10.4. The van der Waals surface area contributed by atoms with Crippen molar-refractivity contribution in [1.82, 2.24) is 0 Å². The number of Topliss-reactive ketones (excluding diaryl/α,β-unsaturated/α-hetero) is 1. The molecule has 3 heteroatoms. The van der Waals surface area contributed by atoms with Crippen LogP contribution in [0.4, 0.5) is 4.39 Å². The van der Waals surface area contributed by atoms with Gasteiger partial charge in [-0.15, -0.1) is 0 Å². The summed E-state index contributed by atoms with van der Waals surface area (Å²) < 4.78 is 14.4. The summed E-state index contributed by atoms with van der Waals surface area (Å²) in [6.45, 7) is 0. The van der Waals surface area contributed by atoms with Crippen molar-refractivity contribution in [3.63, 3.8) is 0 Å². The summed E-state index contributed by atoms with van der Waals surface area (Å²) in [6.07, 6.45) is 0.242. The maximum atomic E-state index is 14.4. The van der Waals surface area contributed by atoms with Crippen molar-refractivity contribution in [3.8, 4) is 0 Å². The van der Waals surface area contributed by atoms with E-state index in [2.05, 4.69) is 36.4 Å². The van der Waals surface area contributed by atoms with Gasteiger partial charge >= 0.3 is 0 Å². The van der Waals surface area contributed by atoms with Gasteiger partial charge < -0.3 is 0 Å². The number of halogens is 1. The Bertz CT molecular complexity index is 998. The summed E-state index contributed by atoms with van der Waals surface area (Å²) in [5.74, 6) is -0.641. The van der Waals surface area contributed by atoms with Crippen molar-refractivity contribution in [3.05, 3.63) is 127 Å². The van der Waals surface area contributed by atoms with Crippen LogP contribution in [-0.2, 0) is 0 Å². The molecule has 142 valence electrons. The molecule has 0 N–H and O–H groups in total. The first-order chi connectivity index (χ1) is 14.2. The molecule has 0 heterocycles. The minimum absolute atomic E-state index is 0.152. The van der Waals surface area contributed by atoms with Gasteiger partial charge in [-0.3, -0.25) is 4.79 Å². The first kappa shape index (κ1) is 19.2. The predicted molar refractivity (Wildman–Crippen MR) is 121 cm³/mol. The highest BCUT2D eigenvalue weighted by Gasteiger charge is 2.47. The number of benzene rings is 4. The molecule has 0 aliphatic heterocycles. The number of hydrogen-bond acceptors (Lipinski definition) is 1. The standard InChI is InChI=1S/C26H21FOP/c27-25-19-11-10-18-24(25)26(28)20-29(21-12-4-1-5-13-21,22-14-6-2-7-15-22)23-16-8-3-9-17-23/h1-19H,20H2/q+1. The SMILES string of the molecule is O=C(C[P+](c1ccccc1)(c1ccccc1)c1ccccc1)c1ccccc1F. The monoisotopic (exact) mass is 399 g/mol. The predicted octanol–water partition coefficient (Wildman–Crippen LogP) is 5.00. The minimum Gasteiger partial charge on any atom is -0.290 e. The molecule has 4 rings (SSSR count). The molecule has 0 aliphatic rings. The van der Waals surface area contributed by atoms with Gasteiger partial charge in [0.15, 0.2) is 0 Å². The van der Waals surface area contributed by atoms with Crippen LogP contribution in [0.5, 0.6) is 0 Å². The molecule has 0 atom stereocenters. The van der Waals surface area contributed by atoms with Gasteiger partial charge in [0.1, 0.15) is 35.2 Å². The van der Waals surface area contributed by atoms with Crippen molar-refractivity contribution in [1.29, 1.82) is 0 Å². The largest absolute Gasteiger partial charge is 0.290 e. The van der Waals surface area contributed by atoms with E-state index < -0.39 is 13.1 Å². The van der Waals surface area contributed by atoms with E-state index in [1.807, 2.05) is 54.6 Å². The van der Waals surface area contributed by atoms with Crippen LogP contribution in [-0.4, -0.2) is 11.9 Å². The Morgan fingerprint density at radius 3 is 1.38 bits per heavy atom. The zero-order valence-electron chi connectivity index (χ0n) is 15.9. The number of rotatable bonds is 6. The Balaban J connectivity index is 1.95. The van der Waals surface area contributed by atoms with Crippen molar-refractivity contribution in [2.24, 2.45) is 0 Å². The number of carbonyl (C=O) groups is 1. The number of hydrogen-bond donors (Lipinski definition) is 0. The van der Waals surface area contributed by atoms with Crippen molar-refractivity contribution < 1.29 is 9.18 Å². The van der Waals surface area contributed by atoms with Gasteiger partial charge in [-0.05, 0) is 48.5 Å². The van der Waals surface area contributed by atoms with Crippen LogP contribution in [0.2, 0.25) is 0 Å². The Morgan fingerprint density at radius 1 is 0.586 bits per heavy atom. The molecule has 0 aliphatic carbocycles. The highest BCUT2D eigenvalue weighted by molar-refractivity contribution is 7.96. The third kappa shape index (κ3) is 3.77. The van der Waals surface area contributed by atoms with Crippen molar-refractivity contribution >= 4 is 29.0 Å². The van der Waals surface area contributed by atoms with E-state index in [1.165, 1.54) is 6.07 Å². The Morgan fingerprint density at radius 2 is 0.966 bits per heavy atom. The van der Waals surface area contributed by atoms with E-state index in [4.69, 9.17) is 0 Å². The second kappa shape index (κ2) is 8.51. The van der Waals surface area contributed by atoms with E-state index >= 15 is 0 Å². The first-order valence-electron chi connectivity index (χ1n) is 9.54. The lowest BCUT2D eigenvalue weighted by Gasteiger charge is -2.27. The van der Waals surface area contributed by atoms with Crippen LogP contribution >= 0.6 is 7.26 Å². The summed E-state index contributed by atoms with van der Waals surface area (Å²) in [4.78, 5) is 13.4. The summed E-state index contributed by atoms with van der Waals surface area (Å²) in [5.41, 5.74) is 0.152. The summed E-state index contributed by atoms with van der Waals surface area (Å²) in [5, 5.41) is 3.34. The molecule has 0 aromatic heterocycles. The summed E-state index contributed by atoms with van der Waals surface area (Å²) >= 11 is 0. The molecule has 0 amide bonds. The maximum absolute atomic E-state index is 14.4. The Hall–Kier alpha value is -3.09. The molecular formula is C26H21FOP+. The zero-order chi connectivity index (χ0) is 20.1. The fraction of sp³-hybridized carbons (Fsp3) is 0.0385. The van der Waals surface area contributed by atoms with E-state index in [9.17, 15) is 9.18 Å². The van der Waals surface area contributed by atoms with Gasteiger partial charge in [-0.1, -0.05) is 66.7 Å². The van der Waals surface area contributed by atoms with Crippen LogP contribution in [0, 0.1) is 5.82 Å². The average Bonchev–Trinajstić information content (AvgIpc) is 2.79. The lowest BCUT2D eigenvalue weighted by molar-refractivity contribution is 0.101. The van der Waals surface area contributed by atoms with Crippen LogP contribution in [0.1, 0.15) is 10.4 Å². The smallest absolute Gasteiger partial charge is 0.204 e. The van der Waals surface area contributed by atoms with E-state index in [1.54, 1.807) is 18.2 Å². The van der Waals surface area contributed by atoms with Gasteiger partial charge in [0.2, 0.25) is 5.78 Å².